The van der Waals surface area contributed by atoms with E-state index in [1.807, 2.05) is 72.8 Å². The van der Waals surface area contributed by atoms with Crippen molar-refractivity contribution in [2.24, 2.45) is 0 Å². The Bertz CT molecular complexity index is 4390. The lowest BCUT2D eigenvalue weighted by molar-refractivity contribution is 0.668. The van der Waals surface area contributed by atoms with E-state index in [9.17, 15) is 0 Å². The molecule has 16 rings (SSSR count). The molecule has 6 heteroatoms. The second-order valence-electron chi connectivity index (χ2n) is 18.5. The number of benzene rings is 10. The fraction of sp³-hybridized carbons (Fsp3) is 0.0156. The van der Waals surface area contributed by atoms with Crippen LogP contribution < -0.4 is 0 Å². The Kier molecular flexibility index (Phi) is 7.45. The van der Waals surface area contributed by atoms with Gasteiger partial charge in [-0.05, 0) is 98.1 Å². The van der Waals surface area contributed by atoms with Crippen LogP contribution in [0.15, 0.2) is 226 Å². The Morgan fingerprint density at radius 1 is 0.271 bits per heavy atom. The number of aromatic nitrogens is 3. The molecule has 0 saturated heterocycles. The van der Waals surface area contributed by atoms with Crippen molar-refractivity contribution < 1.29 is 13.3 Å². The van der Waals surface area contributed by atoms with Gasteiger partial charge in [0.05, 0.1) is 5.41 Å². The highest BCUT2D eigenvalue weighted by Gasteiger charge is 2.52. The summed E-state index contributed by atoms with van der Waals surface area (Å²) in [6.45, 7) is 0. The first kappa shape index (κ1) is 37.7. The number of para-hydroxylation sites is 2. The quantitative estimate of drug-likeness (QED) is 0.175. The number of nitrogens with zero attached hydrogens (tertiary/aromatic N) is 3. The molecule has 14 aromatic rings. The average molecular weight is 894 g/mol. The third kappa shape index (κ3) is 4.93. The van der Waals surface area contributed by atoms with Crippen molar-refractivity contribution in [1.29, 1.82) is 0 Å². The zero-order valence-corrected chi connectivity index (χ0v) is 37.3. The van der Waals surface area contributed by atoms with Crippen molar-refractivity contribution in [3.8, 4) is 67.5 Å². The van der Waals surface area contributed by atoms with Gasteiger partial charge in [0.2, 0.25) is 0 Å². The molecule has 0 amide bonds. The predicted octanol–water partition coefficient (Wildman–Crippen LogP) is 16.6. The zero-order chi connectivity index (χ0) is 45.7. The van der Waals surface area contributed by atoms with Crippen LogP contribution in [0.25, 0.3) is 133 Å². The maximum Gasteiger partial charge on any atom is 0.164 e. The van der Waals surface area contributed by atoms with Crippen LogP contribution >= 0.6 is 0 Å². The predicted molar refractivity (Wildman–Crippen MR) is 280 cm³/mol. The minimum atomic E-state index is -0.441. The number of furan rings is 3. The molecule has 0 N–H and O–H groups in total. The summed E-state index contributed by atoms with van der Waals surface area (Å²) in [7, 11) is 0. The van der Waals surface area contributed by atoms with E-state index in [1.165, 1.54) is 50.1 Å². The van der Waals surface area contributed by atoms with Crippen molar-refractivity contribution in [3.05, 3.63) is 235 Å². The second-order valence-corrected chi connectivity index (χ2v) is 18.5. The van der Waals surface area contributed by atoms with Crippen molar-refractivity contribution in [3.63, 3.8) is 0 Å². The second kappa shape index (κ2) is 13.8. The first-order valence-corrected chi connectivity index (χ1v) is 23.7. The first-order valence-electron chi connectivity index (χ1n) is 23.7. The van der Waals surface area contributed by atoms with E-state index in [2.05, 4.69) is 140 Å². The molecule has 2 aliphatic rings. The normalized spacial score (nSPS) is 13.3. The Hall–Kier alpha value is -9.39. The molecule has 0 bridgehead atoms. The van der Waals surface area contributed by atoms with Gasteiger partial charge in [0, 0.05) is 49.0 Å². The number of hydrogen-bond acceptors (Lipinski definition) is 6. The topological polar surface area (TPSA) is 78.1 Å². The van der Waals surface area contributed by atoms with E-state index in [1.54, 1.807) is 0 Å². The summed E-state index contributed by atoms with van der Waals surface area (Å²) in [5, 5.41) is 5.81. The van der Waals surface area contributed by atoms with Gasteiger partial charge in [-0.25, -0.2) is 15.0 Å². The summed E-state index contributed by atoms with van der Waals surface area (Å²) in [6, 6.07) is 74.9. The fourth-order valence-electron chi connectivity index (χ4n) is 12.2. The Balaban J connectivity index is 0.940. The first-order chi connectivity index (χ1) is 34.7. The standard InChI is InChI=1S/C64H35N3O3/c1-6-24-47-38(15-1)39-16-2-7-25-48(39)64(47)49-26-8-3-17-40(49)57-37(20-11-27-50(57)64)36-33-34-53-46(35-36)60-45(23-14-32-56(60)70-53)63-66-61(43-21-12-30-54-58(43)41-18-4-9-28-51(41)68-54)65-62(67-63)44-22-13-31-55-59(44)42-19-5-10-29-52(42)69-55/h1-35H. The van der Waals surface area contributed by atoms with Crippen molar-refractivity contribution in [2.75, 3.05) is 0 Å². The summed E-state index contributed by atoms with van der Waals surface area (Å²) in [4.78, 5) is 16.1. The number of hydrogen-bond donors (Lipinski definition) is 0. The van der Waals surface area contributed by atoms with Crippen LogP contribution in [0.2, 0.25) is 0 Å². The van der Waals surface area contributed by atoms with Gasteiger partial charge in [-0.15, -0.1) is 0 Å². The molecule has 1 spiro atoms. The minimum absolute atomic E-state index is 0.441. The number of rotatable bonds is 4. The summed E-state index contributed by atoms with van der Waals surface area (Å²) in [5.74, 6) is 1.60. The van der Waals surface area contributed by atoms with E-state index < -0.39 is 5.41 Å². The third-order valence-corrected chi connectivity index (χ3v) is 15.0. The van der Waals surface area contributed by atoms with Gasteiger partial charge in [-0.3, -0.25) is 0 Å². The SMILES string of the molecule is c1ccc2c(c1)-c1ccccc1C21c2ccccc2-c2c(-c3ccc4oc5cccc(-c6nc(-c7cccc8oc9ccccc9c78)nc(-c7cccc8oc9ccccc9c78)n6)c5c4c3)cccc21. The van der Waals surface area contributed by atoms with Crippen molar-refractivity contribution in [1.82, 2.24) is 15.0 Å². The molecular weight excluding hydrogens is 859 g/mol. The largest absolute Gasteiger partial charge is 0.456 e. The molecule has 0 unspecified atom stereocenters. The van der Waals surface area contributed by atoms with Gasteiger partial charge in [0.15, 0.2) is 17.5 Å². The Labute approximate surface area is 399 Å². The van der Waals surface area contributed by atoms with E-state index in [0.717, 1.165) is 88.1 Å². The molecule has 0 fully saturated rings. The van der Waals surface area contributed by atoms with E-state index in [-0.39, 0.29) is 0 Å². The Morgan fingerprint density at radius 3 is 1.19 bits per heavy atom. The van der Waals surface area contributed by atoms with E-state index in [4.69, 9.17) is 28.2 Å². The maximum absolute atomic E-state index is 6.73. The molecule has 70 heavy (non-hydrogen) atoms. The molecule has 0 radical (unpaired) electrons. The smallest absolute Gasteiger partial charge is 0.164 e. The lowest BCUT2D eigenvalue weighted by Gasteiger charge is -2.30. The molecule has 4 aromatic heterocycles. The molecule has 0 aliphatic heterocycles. The summed E-state index contributed by atoms with van der Waals surface area (Å²) in [6.07, 6.45) is 0. The molecule has 10 aromatic carbocycles. The summed E-state index contributed by atoms with van der Waals surface area (Å²) >= 11 is 0. The van der Waals surface area contributed by atoms with Crippen molar-refractivity contribution in [2.45, 2.75) is 5.41 Å². The van der Waals surface area contributed by atoms with Crippen molar-refractivity contribution >= 4 is 65.8 Å². The minimum Gasteiger partial charge on any atom is -0.456 e. The molecule has 2 aliphatic carbocycles. The average Bonchev–Trinajstić information content (AvgIpc) is 4.23. The highest BCUT2D eigenvalue weighted by atomic mass is 16.3. The van der Waals surface area contributed by atoms with Crippen LogP contribution in [0.3, 0.4) is 0 Å². The van der Waals surface area contributed by atoms with Crippen LogP contribution in [0.1, 0.15) is 22.3 Å². The molecule has 0 atom stereocenters. The van der Waals surface area contributed by atoms with Gasteiger partial charge in [-0.1, -0.05) is 170 Å². The van der Waals surface area contributed by atoms with Crippen LogP contribution in [-0.4, -0.2) is 15.0 Å². The summed E-state index contributed by atoms with van der Waals surface area (Å²) in [5.41, 5.74) is 19.4. The molecule has 6 nitrogen and oxygen atoms in total. The van der Waals surface area contributed by atoms with Gasteiger partial charge in [-0.2, -0.15) is 0 Å². The number of fused-ring (bicyclic) bond motifs is 19. The third-order valence-electron chi connectivity index (χ3n) is 15.0. The van der Waals surface area contributed by atoms with E-state index in [0.29, 0.717) is 17.5 Å². The molecule has 324 valence electrons. The van der Waals surface area contributed by atoms with Crippen LogP contribution in [0.5, 0.6) is 0 Å². The fourth-order valence-corrected chi connectivity index (χ4v) is 12.2. The van der Waals surface area contributed by atoms with Gasteiger partial charge >= 0.3 is 0 Å². The summed E-state index contributed by atoms with van der Waals surface area (Å²) < 4.78 is 19.5. The zero-order valence-electron chi connectivity index (χ0n) is 37.3. The Morgan fingerprint density at radius 2 is 0.643 bits per heavy atom. The maximum atomic E-state index is 6.73. The van der Waals surface area contributed by atoms with Gasteiger partial charge in [0.1, 0.15) is 33.5 Å². The lowest BCUT2D eigenvalue weighted by atomic mass is 9.70. The molecule has 0 saturated carbocycles. The van der Waals surface area contributed by atoms with Gasteiger partial charge in [0.25, 0.3) is 0 Å². The monoisotopic (exact) mass is 893 g/mol. The van der Waals surface area contributed by atoms with Crippen LogP contribution in [0.4, 0.5) is 0 Å². The highest BCUT2D eigenvalue weighted by Crippen LogP contribution is 2.64. The molecule has 4 heterocycles. The van der Waals surface area contributed by atoms with Crippen LogP contribution in [-0.2, 0) is 5.41 Å². The lowest BCUT2D eigenvalue weighted by Crippen LogP contribution is -2.25. The van der Waals surface area contributed by atoms with E-state index >= 15 is 0 Å². The highest BCUT2D eigenvalue weighted by molar-refractivity contribution is 6.16. The molecular formula is C64H35N3O3. The van der Waals surface area contributed by atoms with Gasteiger partial charge < -0.3 is 13.3 Å². The van der Waals surface area contributed by atoms with Crippen LogP contribution in [0, 0.1) is 0 Å².